The summed E-state index contributed by atoms with van der Waals surface area (Å²) in [7, 11) is 1.25. The molecule has 1 aromatic heterocycles. The number of nitrogens with zero attached hydrogens (tertiary/aromatic N) is 1. The molecule has 0 spiro atoms. The number of hydrogen-bond donors (Lipinski definition) is 0. The van der Waals surface area contributed by atoms with Crippen LogP contribution in [0.5, 0.6) is 0 Å². The van der Waals surface area contributed by atoms with Crippen LogP contribution in [0, 0.1) is 12.3 Å². The molecule has 0 N–H and O–H groups in total. The zero-order valence-corrected chi connectivity index (χ0v) is 19.2. The Kier molecular flexibility index (Phi) is 5.14. The normalized spacial score (nSPS) is 13.4. The van der Waals surface area contributed by atoms with Gasteiger partial charge in [-0.2, -0.15) is 0 Å². The lowest BCUT2D eigenvalue weighted by Gasteiger charge is -2.21. The molecule has 0 aliphatic heterocycles. The van der Waals surface area contributed by atoms with Crippen LogP contribution in [0.25, 0.3) is 22.4 Å². The van der Waals surface area contributed by atoms with Crippen LogP contribution < -0.4 is 9.75 Å². The molecule has 0 bridgehead atoms. The molecule has 0 aliphatic rings. The fourth-order valence-electron chi connectivity index (χ4n) is 3.53. The van der Waals surface area contributed by atoms with E-state index >= 15 is 0 Å². The molecule has 2 aromatic carbocycles. The van der Waals surface area contributed by atoms with Crippen molar-refractivity contribution < 1.29 is 7.31 Å². The summed E-state index contributed by atoms with van der Waals surface area (Å²) in [4.78, 5) is 0. The summed E-state index contributed by atoms with van der Waals surface area (Å²) in [6.07, 6.45) is 0.745. The second-order valence-corrected chi connectivity index (χ2v) is 11.4. The summed E-state index contributed by atoms with van der Waals surface area (Å²) >= 11 is 0. The van der Waals surface area contributed by atoms with Crippen molar-refractivity contribution in [2.24, 2.45) is 12.5 Å². The molecule has 1 nitrogen and oxygen atoms in total. The number of aromatic nitrogens is 1. The Bertz CT molecular complexity index is 1050. The van der Waals surface area contributed by atoms with E-state index in [9.17, 15) is 0 Å². The predicted molar refractivity (Wildman–Crippen MR) is 124 cm³/mol. The van der Waals surface area contributed by atoms with Crippen molar-refractivity contribution in [3.05, 3.63) is 71.9 Å². The van der Waals surface area contributed by atoms with E-state index in [1.54, 1.807) is 0 Å². The van der Waals surface area contributed by atoms with Crippen molar-refractivity contribution >= 4 is 14.0 Å². The Balaban J connectivity index is 2.26. The summed E-state index contributed by atoms with van der Waals surface area (Å²) in [6, 6.07) is 19.1. The molecule has 0 saturated heterocycles. The molecule has 0 fully saturated rings. The van der Waals surface area contributed by atoms with Crippen molar-refractivity contribution in [2.75, 3.05) is 0 Å². The standard InChI is InChI=1S/C26H33NSi/c1-19-13-14-21(20-11-9-8-10-12-20)15-23(19)24-16-22(17-26(2,3)4)25(28(6)7)18-27(24)5/h8-16,18H,17H2,1-7H3/q+1/i17D2. The smallest absolute Gasteiger partial charge is 0.201 e. The van der Waals surface area contributed by atoms with Gasteiger partial charge < -0.3 is 0 Å². The van der Waals surface area contributed by atoms with Gasteiger partial charge in [-0.3, -0.25) is 0 Å². The van der Waals surface area contributed by atoms with E-state index in [0.29, 0.717) is 0 Å². The van der Waals surface area contributed by atoms with Gasteiger partial charge in [0.1, 0.15) is 7.05 Å². The second kappa shape index (κ2) is 8.04. The molecular weight excluding hydrogens is 354 g/mol. The lowest BCUT2D eigenvalue weighted by molar-refractivity contribution is -0.659. The predicted octanol–water partition coefficient (Wildman–Crippen LogP) is 5.70. The van der Waals surface area contributed by atoms with Crippen LogP contribution in [-0.2, 0) is 13.4 Å². The van der Waals surface area contributed by atoms with Gasteiger partial charge in [0, 0.05) is 19.6 Å². The third kappa shape index (κ3) is 4.61. The Morgan fingerprint density at radius 1 is 0.964 bits per heavy atom. The lowest BCUT2D eigenvalue weighted by Crippen LogP contribution is -2.41. The minimum Gasteiger partial charge on any atom is -0.201 e. The van der Waals surface area contributed by atoms with E-state index in [1.165, 1.54) is 21.9 Å². The maximum atomic E-state index is 8.99. The van der Waals surface area contributed by atoms with E-state index in [2.05, 4.69) is 86.4 Å². The fraction of sp³-hybridized carbons (Fsp3) is 0.346. The van der Waals surface area contributed by atoms with E-state index in [-0.39, 0.29) is 0 Å². The van der Waals surface area contributed by atoms with E-state index < -0.39 is 20.6 Å². The largest absolute Gasteiger partial charge is 0.212 e. The molecule has 1 radical (unpaired) electrons. The first-order valence-corrected chi connectivity index (χ1v) is 12.4. The first kappa shape index (κ1) is 17.9. The van der Waals surface area contributed by atoms with Gasteiger partial charge in [0.15, 0.2) is 6.20 Å². The van der Waals surface area contributed by atoms with E-state index in [1.807, 2.05) is 26.8 Å². The van der Waals surface area contributed by atoms with Crippen LogP contribution in [0.3, 0.4) is 0 Å². The average molecular weight is 390 g/mol. The molecule has 145 valence electrons. The zero-order valence-electron chi connectivity index (χ0n) is 20.2. The molecule has 0 aliphatic carbocycles. The first-order valence-electron chi connectivity index (χ1n) is 10.9. The number of pyridine rings is 1. The highest BCUT2D eigenvalue weighted by Gasteiger charge is 2.23. The molecule has 1 heterocycles. The number of hydrogen-bond acceptors (Lipinski definition) is 0. The van der Waals surface area contributed by atoms with Crippen LogP contribution in [0.15, 0.2) is 60.8 Å². The SMILES string of the molecule is [2H]C([2H])(c1cc(-c2cc(-c3ccccc3)ccc2C)[n+](C)cc1[Si](C)C)C(C)(C)C. The number of aryl methyl sites for hydroxylation is 2. The van der Waals surface area contributed by atoms with Gasteiger partial charge >= 0.3 is 0 Å². The second-order valence-electron chi connectivity index (χ2n) is 8.87. The zero-order chi connectivity index (χ0) is 22.3. The third-order valence-electron chi connectivity index (χ3n) is 4.94. The van der Waals surface area contributed by atoms with Crippen molar-refractivity contribution in [1.29, 1.82) is 0 Å². The van der Waals surface area contributed by atoms with Crippen LogP contribution in [0.2, 0.25) is 13.1 Å². The number of benzene rings is 2. The monoisotopic (exact) mass is 389 g/mol. The van der Waals surface area contributed by atoms with Crippen molar-refractivity contribution in [2.45, 2.75) is 47.2 Å². The van der Waals surface area contributed by atoms with Gasteiger partial charge in [0.05, 0.1) is 8.80 Å². The molecule has 0 amide bonds. The number of rotatable bonds is 4. The third-order valence-corrected chi connectivity index (χ3v) is 6.42. The van der Waals surface area contributed by atoms with Crippen LogP contribution in [0.4, 0.5) is 0 Å². The van der Waals surface area contributed by atoms with Crippen molar-refractivity contribution in [3.8, 4) is 22.4 Å². The minimum atomic E-state index is -1.42. The Morgan fingerprint density at radius 3 is 2.25 bits per heavy atom. The molecule has 0 unspecified atom stereocenters. The summed E-state index contributed by atoms with van der Waals surface area (Å²) in [5.41, 5.74) is 6.12. The molecule has 3 aromatic rings. The lowest BCUT2D eigenvalue weighted by atomic mass is 9.87. The average Bonchev–Trinajstić information content (AvgIpc) is 2.68. The minimum absolute atomic E-state index is 0.489. The van der Waals surface area contributed by atoms with Crippen LogP contribution >= 0.6 is 0 Å². The van der Waals surface area contributed by atoms with Gasteiger partial charge in [0.2, 0.25) is 5.69 Å². The quantitative estimate of drug-likeness (QED) is 0.398. The Morgan fingerprint density at radius 2 is 1.64 bits per heavy atom. The summed E-state index contributed by atoms with van der Waals surface area (Å²) in [5, 5.41) is 1.17. The highest BCUT2D eigenvalue weighted by atomic mass is 28.3. The molecular formula is C26H33NSi+. The van der Waals surface area contributed by atoms with Gasteiger partial charge in [-0.1, -0.05) is 76.3 Å². The Hall–Kier alpha value is -2.19. The summed E-state index contributed by atoms with van der Waals surface area (Å²) < 4.78 is 20.1. The fourth-order valence-corrected chi connectivity index (χ4v) is 4.66. The Labute approximate surface area is 175 Å². The van der Waals surface area contributed by atoms with Crippen molar-refractivity contribution in [1.82, 2.24) is 0 Å². The molecule has 0 saturated carbocycles. The molecule has 28 heavy (non-hydrogen) atoms. The summed E-state index contributed by atoms with van der Waals surface area (Å²) in [5.74, 6) is 0. The summed E-state index contributed by atoms with van der Waals surface area (Å²) in [6.45, 7) is 12.6. The van der Waals surface area contributed by atoms with Gasteiger partial charge in [-0.25, -0.2) is 4.57 Å². The highest BCUT2D eigenvalue weighted by molar-refractivity contribution is 6.71. The van der Waals surface area contributed by atoms with Gasteiger partial charge in [0.25, 0.3) is 0 Å². The maximum absolute atomic E-state index is 8.99. The first-order chi connectivity index (χ1) is 13.9. The van der Waals surface area contributed by atoms with Crippen LogP contribution in [0.1, 0.15) is 34.6 Å². The molecule has 3 rings (SSSR count). The van der Waals surface area contributed by atoms with Gasteiger partial charge in [-0.15, -0.1) is 0 Å². The van der Waals surface area contributed by atoms with Crippen LogP contribution in [-0.4, -0.2) is 8.80 Å². The molecule has 2 heteroatoms. The van der Waals surface area contributed by atoms with E-state index in [0.717, 1.165) is 16.8 Å². The highest BCUT2D eigenvalue weighted by Crippen LogP contribution is 2.29. The van der Waals surface area contributed by atoms with Crippen molar-refractivity contribution in [3.63, 3.8) is 0 Å². The van der Waals surface area contributed by atoms with E-state index in [4.69, 9.17) is 2.74 Å². The topological polar surface area (TPSA) is 3.88 Å². The van der Waals surface area contributed by atoms with Gasteiger partial charge in [-0.05, 0) is 47.0 Å². The molecule has 0 atom stereocenters. The maximum Gasteiger partial charge on any atom is 0.212 e.